The maximum atomic E-state index is 12.7. The van der Waals surface area contributed by atoms with Gasteiger partial charge in [0.1, 0.15) is 6.04 Å². The fourth-order valence-corrected chi connectivity index (χ4v) is 3.41. The normalized spacial score (nSPS) is 18.9. The minimum absolute atomic E-state index is 0.0274. The maximum Gasteiger partial charge on any atom is 0.242 e. The van der Waals surface area contributed by atoms with Crippen LogP contribution in [0.15, 0.2) is 24.3 Å². The molecule has 0 bridgehead atoms. The van der Waals surface area contributed by atoms with E-state index in [0.29, 0.717) is 19.5 Å². The van der Waals surface area contributed by atoms with Crippen molar-refractivity contribution in [3.05, 3.63) is 35.4 Å². The average molecular weight is 345 g/mol. The molecule has 0 unspecified atom stereocenters. The molecule has 1 N–H and O–H groups in total. The Morgan fingerprint density at radius 1 is 1.24 bits per heavy atom. The van der Waals surface area contributed by atoms with Crippen LogP contribution in [-0.2, 0) is 9.59 Å². The van der Waals surface area contributed by atoms with Crippen LogP contribution < -0.4 is 5.32 Å². The largest absolute Gasteiger partial charge is 0.352 e. The molecular formula is C20H31N3O2. The second kappa shape index (κ2) is 8.99. The smallest absolute Gasteiger partial charge is 0.242 e. The van der Waals surface area contributed by atoms with Gasteiger partial charge in [-0.3, -0.25) is 9.59 Å². The lowest BCUT2D eigenvalue weighted by molar-refractivity contribution is -0.142. The third-order valence-corrected chi connectivity index (χ3v) is 4.98. The van der Waals surface area contributed by atoms with Crippen LogP contribution >= 0.6 is 0 Å². The van der Waals surface area contributed by atoms with Crippen LogP contribution in [0.1, 0.15) is 49.8 Å². The van der Waals surface area contributed by atoms with Crippen molar-refractivity contribution >= 4 is 11.8 Å². The van der Waals surface area contributed by atoms with Crippen LogP contribution in [0.3, 0.4) is 0 Å². The van der Waals surface area contributed by atoms with E-state index >= 15 is 0 Å². The molecule has 2 amide bonds. The summed E-state index contributed by atoms with van der Waals surface area (Å²) >= 11 is 0. The highest BCUT2D eigenvalue weighted by Gasteiger charge is 2.31. The summed E-state index contributed by atoms with van der Waals surface area (Å²) in [5.41, 5.74) is 2.40. The van der Waals surface area contributed by atoms with Crippen LogP contribution in [0, 0.1) is 6.92 Å². The summed E-state index contributed by atoms with van der Waals surface area (Å²) in [7, 11) is 4.04. The van der Waals surface area contributed by atoms with Crippen LogP contribution in [0.25, 0.3) is 0 Å². The molecule has 1 aliphatic rings. The maximum absolute atomic E-state index is 12.7. The number of hydrogen-bond donors (Lipinski definition) is 1. The first-order valence-corrected chi connectivity index (χ1v) is 9.24. The highest BCUT2D eigenvalue weighted by molar-refractivity contribution is 5.87. The predicted octanol–water partition coefficient (Wildman–Crippen LogP) is 2.51. The molecule has 2 rings (SSSR count). The lowest BCUT2D eigenvalue weighted by Crippen LogP contribution is -2.52. The molecule has 1 aromatic rings. The molecular weight excluding hydrogens is 314 g/mol. The molecule has 2 atom stereocenters. The van der Waals surface area contributed by atoms with Crippen LogP contribution in [-0.4, -0.2) is 54.8 Å². The van der Waals surface area contributed by atoms with E-state index in [-0.39, 0.29) is 23.9 Å². The number of carbonyl (C=O) groups is 2. The molecule has 1 aliphatic heterocycles. The highest BCUT2D eigenvalue weighted by atomic mass is 16.2. The molecule has 1 heterocycles. The number of likely N-dealkylation sites (N-methyl/N-ethyl adjacent to an activating group) is 1. The molecule has 5 heteroatoms. The SMILES string of the molecule is CCC(=O)N1CCCC[C@H]1C(=O)NC[C@H](c1ccc(C)cc1)N(C)C. The van der Waals surface area contributed by atoms with Gasteiger partial charge in [0.05, 0.1) is 6.04 Å². The van der Waals surface area contributed by atoms with E-state index in [4.69, 9.17) is 0 Å². The molecule has 25 heavy (non-hydrogen) atoms. The first-order chi connectivity index (χ1) is 11.9. The van der Waals surface area contributed by atoms with Gasteiger partial charge in [-0.2, -0.15) is 0 Å². The van der Waals surface area contributed by atoms with Gasteiger partial charge in [0.25, 0.3) is 0 Å². The Kier molecular flexibility index (Phi) is 7.00. The van der Waals surface area contributed by atoms with Crippen molar-refractivity contribution in [2.24, 2.45) is 0 Å². The van der Waals surface area contributed by atoms with Crippen LogP contribution in [0.2, 0.25) is 0 Å². The van der Waals surface area contributed by atoms with Crippen molar-refractivity contribution in [3.63, 3.8) is 0 Å². The van der Waals surface area contributed by atoms with Gasteiger partial charge < -0.3 is 15.1 Å². The van der Waals surface area contributed by atoms with E-state index in [1.165, 1.54) is 11.1 Å². The first kappa shape index (κ1) is 19.4. The topological polar surface area (TPSA) is 52.7 Å². The summed E-state index contributed by atoms with van der Waals surface area (Å²) < 4.78 is 0. The number of carbonyl (C=O) groups excluding carboxylic acids is 2. The first-order valence-electron chi connectivity index (χ1n) is 9.24. The van der Waals surface area contributed by atoms with Gasteiger partial charge in [-0.15, -0.1) is 0 Å². The van der Waals surface area contributed by atoms with Gasteiger partial charge in [0.15, 0.2) is 0 Å². The van der Waals surface area contributed by atoms with Crippen molar-refractivity contribution < 1.29 is 9.59 Å². The van der Waals surface area contributed by atoms with Crippen LogP contribution in [0.5, 0.6) is 0 Å². The summed E-state index contributed by atoms with van der Waals surface area (Å²) in [5, 5.41) is 3.08. The number of benzene rings is 1. The molecule has 0 saturated carbocycles. The number of amides is 2. The Morgan fingerprint density at radius 2 is 1.92 bits per heavy atom. The van der Waals surface area contributed by atoms with E-state index in [9.17, 15) is 9.59 Å². The van der Waals surface area contributed by atoms with Gasteiger partial charge in [0.2, 0.25) is 11.8 Å². The van der Waals surface area contributed by atoms with E-state index < -0.39 is 0 Å². The van der Waals surface area contributed by atoms with E-state index in [0.717, 1.165) is 19.3 Å². The molecule has 0 radical (unpaired) electrons. The second-order valence-corrected chi connectivity index (χ2v) is 7.09. The third-order valence-electron chi connectivity index (χ3n) is 4.98. The number of nitrogens with zero attached hydrogens (tertiary/aromatic N) is 2. The third kappa shape index (κ3) is 5.05. The number of piperidine rings is 1. The molecule has 0 aliphatic carbocycles. The van der Waals surface area contributed by atoms with Gasteiger partial charge in [-0.1, -0.05) is 36.8 Å². The number of aryl methyl sites for hydroxylation is 1. The fourth-order valence-electron chi connectivity index (χ4n) is 3.41. The number of likely N-dealkylation sites (tertiary alicyclic amines) is 1. The number of nitrogens with one attached hydrogen (secondary N) is 1. The van der Waals surface area contributed by atoms with E-state index in [1.807, 2.05) is 21.0 Å². The summed E-state index contributed by atoms with van der Waals surface area (Å²) in [6, 6.07) is 8.21. The number of rotatable bonds is 6. The zero-order chi connectivity index (χ0) is 18.4. The Hall–Kier alpha value is -1.88. The average Bonchev–Trinajstić information content (AvgIpc) is 2.62. The van der Waals surface area contributed by atoms with Crippen molar-refractivity contribution in [1.29, 1.82) is 0 Å². The zero-order valence-corrected chi connectivity index (χ0v) is 15.9. The van der Waals surface area contributed by atoms with Crippen molar-refractivity contribution in [3.8, 4) is 0 Å². The summed E-state index contributed by atoms with van der Waals surface area (Å²) in [5.74, 6) is 0.0444. The molecule has 1 saturated heterocycles. The predicted molar refractivity (Wildman–Crippen MR) is 100 cm³/mol. The zero-order valence-electron chi connectivity index (χ0n) is 15.9. The van der Waals surface area contributed by atoms with E-state index in [1.54, 1.807) is 4.90 Å². The molecule has 0 spiro atoms. The minimum Gasteiger partial charge on any atom is -0.352 e. The summed E-state index contributed by atoms with van der Waals surface area (Å²) in [6.07, 6.45) is 3.20. The Bertz CT molecular complexity index is 583. The highest BCUT2D eigenvalue weighted by Crippen LogP contribution is 2.20. The lowest BCUT2D eigenvalue weighted by Gasteiger charge is -2.35. The molecule has 0 aromatic heterocycles. The summed E-state index contributed by atoms with van der Waals surface area (Å²) in [4.78, 5) is 28.7. The van der Waals surface area contributed by atoms with Gasteiger partial charge >= 0.3 is 0 Å². The van der Waals surface area contributed by atoms with Crippen LogP contribution in [0.4, 0.5) is 0 Å². The fraction of sp³-hybridized carbons (Fsp3) is 0.600. The van der Waals surface area contributed by atoms with Crippen molar-refractivity contribution in [2.45, 2.75) is 51.6 Å². The Balaban J connectivity index is 2.02. The standard InChI is InChI=1S/C20H31N3O2/c1-5-19(24)23-13-7-6-8-17(23)20(25)21-14-18(22(3)4)16-11-9-15(2)10-12-16/h9-12,17-18H,5-8,13-14H2,1-4H3,(H,21,25)/t17-,18+/m0/s1. The molecule has 138 valence electrons. The quantitative estimate of drug-likeness (QED) is 0.862. The summed E-state index contributed by atoms with van der Waals surface area (Å²) in [6.45, 7) is 5.16. The van der Waals surface area contributed by atoms with Crippen molar-refractivity contribution in [2.75, 3.05) is 27.2 Å². The van der Waals surface area contributed by atoms with E-state index in [2.05, 4.69) is 41.4 Å². The Labute approximate surface area is 151 Å². The van der Waals surface area contributed by atoms with Crippen molar-refractivity contribution in [1.82, 2.24) is 15.1 Å². The monoisotopic (exact) mass is 345 g/mol. The minimum atomic E-state index is -0.318. The second-order valence-electron chi connectivity index (χ2n) is 7.09. The molecule has 5 nitrogen and oxygen atoms in total. The van der Waals surface area contributed by atoms with Gasteiger partial charge in [0, 0.05) is 19.5 Å². The molecule has 1 fully saturated rings. The molecule has 1 aromatic carbocycles. The van der Waals surface area contributed by atoms with Gasteiger partial charge in [-0.25, -0.2) is 0 Å². The van der Waals surface area contributed by atoms with Gasteiger partial charge in [-0.05, 0) is 45.8 Å². The number of hydrogen-bond acceptors (Lipinski definition) is 3. The Morgan fingerprint density at radius 3 is 2.52 bits per heavy atom. The lowest BCUT2D eigenvalue weighted by atomic mass is 10.00.